The fourth-order valence-electron chi connectivity index (χ4n) is 3.48. The highest BCUT2D eigenvalue weighted by molar-refractivity contribution is 7.21. The monoisotopic (exact) mass is 424 g/mol. The van der Waals surface area contributed by atoms with E-state index in [2.05, 4.69) is 0 Å². The van der Waals surface area contributed by atoms with E-state index in [0.717, 1.165) is 16.5 Å². The largest absolute Gasteiger partial charge is 0.455 e. The minimum Gasteiger partial charge on any atom is -0.455 e. The molecule has 4 aromatic carbocycles. The molecule has 0 saturated heterocycles. The summed E-state index contributed by atoms with van der Waals surface area (Å²) in [6, 6.07) is 31.3. The topological polar surface area (TPSA) is 26.3 Å². The molecular weight excluding hydrogens is 407 g/mol. The molecule has 0 spiro atoms. The molecule has 0 radical (unpaired) electrons. The first-order chi connectivity index (χ1) is 15.2. The molecule has 4 heteroatoms. The average molecular weight is 424 g/mol. The summed E-state index contributed by atoms with van der Waals surface area (Å²) in [5.74, 6) is 0.594. The van der Waals surface area contributed by atoms with Gasteiger partial charge >= 0.3 is 0 Å². The maximum absolute atomic E-state index is 13.8. The summed E-state index contributed by atoms with van der Waals surface area (Å²) in [6.45, 7) is 0. The first kappa shape index (κ1) is 19.2. The van der Waals surface area contributed by atoms with Crippen LogP contribution in [-0.2, 0) is 0 Å². The fraction of sp³-hybridized carbons (Fsp3) is 0. The molecule has 0 unspecified atom stereocenters. The lowest BCUT2D eigenvalue weighted by atomic mass is 10.1. The molecule has 5 rings (SSSR count). The third-order valence-electron chi connectivity index (χ3n) is 5.03. The van der Waals surface area contributed by atoms with Crippen molar-refractivity contribution >= 4 is 27.2 Å². The van der Waals surface area contributed by atoms with Gasteiger partial charge in [0, 0.05) is 15.6 Å². The summed E-state index contributed by atoms with van der Waals surface area (Å²) in [6.07, 6.45) is 0. The van der Waals surface area contributed by atoms with Gasteiger partial charge < -0.3 is 4.74 Å². The number of hydrogen-bond acceptors (Lipinski definition) is 3. The van der Waals surface area contributed by atoms with E-state index in [1.165, 1.54) is 23.5 Å². The van der Waals surface area contributed by atoms with E-state index in [0.29, 0.717) is 26.6 Å². The van der Waals surface area contributed by atoms with Crippen molar-refractivity contribution in [2.45, 2.75) is 0 Å². The lowest BCUT2D eigenvalue weighted by molar-refractivity contribution is 0.104. The van der Waals surface area contributed by atoms with Gasteiger partial charge in [-0.3, -0.25) is 4.79 Å². The number of carbonyl (C=O) groups excluding carboxylic acids is 1. The maximum atomic E-state index is 13.8. The Morgan fingerprint density at radius 3 is 2.10 bits per heavy atom. The molecule has 1 aromatic heterocycles. The van der Waals surface area contributed by atoms with Crippen molar-refractivity contribution in [2.75, 3.05) is 0 Å². The van der Waals surface area contributed by atoms with Gasteiger partial charge in [-0.25, -0.2) is 4.39 Å². The van der Waals surface area contributed by atoms with Gasteiger partial charge in [-0.05, 0) is 41.5 Å². The lowest BCUT2D eigenvalue weighted by Gasteiger charge is -2.09. The molecule has 0 atom stereocenters. The number of fused-ring (bicyclic) bond motifs is 1. The first-order valence-electron chi connectivity index (χ1n) is 9.84. The second-order valence-electron chi connectivity index (χ2n) is 7.09. The Kier molecular flexibility index (Phi) is 5.06. The van der Waals surface area contributed by atoms with Crippen LogP contribution >= 0.6 is 11.3 Å². The van der Waals surface area contributed by atoms with Crippen LogP contribution < -0.4 is 4.74 Å². The number of ketones is 1. The molecule has 31 heavy (non-hydrogen) atoms. The molecular formula is C27H17FO2S. The van der Waals surface area contributed by atoms with Crippen LogP contribution in [0.4, 0.5) is 4.39 Å². The zero-order valence-corrected chi connectivity index (χ0v) is 17.2. The van der Waals surface area contributed by atoms with Crippen molar-refractivity contribution in [1.29, 1.82) is 0 Å². The van der Waals surface area contributed by atoms with Crippen LogP contribution in [0.3, 0.4) is 0 Å². The fourth-order valence-corrected chi connectivity index (χ4v) is 4.60. The Morgan fingerprint density at radius 2 is 1.39 bits per heavy atom. The van der Waals surface area contributed by atoms with Crippen LogP contribution in [0.5, 0.6) is 11.5 Å². The lowest BCUT2D eigenvalue weighted by Crippen LogP contribution is -2.00. The van der Waals surface area contributed by atoms with Crippen molar-refractivity contribution in [2.24, 2.45) is 0 Å². The Labute approximate surface area is 183 Å². The molecule has 0 aliphatic heterocycles. The van der Waals surface area contributed by atoms with Gasteiger partial charge in [0.15, 0.2) is 5.75 Å². The number of benzene rings is 4. The highest BCUT2D eigenvalue weighted by atomic mass is 32.1. The molecule has 150 valence electrons. The van der Waals surface area contributed by atoms with Crippen LogP contribution in [0, 0.1) is 5.82 Å². The van der Waals surface area contributed by atoms with Gasteiger partial charge in [0.1, 0.15) is 16.4 Å². The molecule has 0 amide bonds. The highest BCUT2D eigenvalue weighted by Gasteiger charge is 2.22. The van der Waals surface area contributed by atoms with E-state index >= 15 is 0 Å². The van der Waals surface area contributed by atoms with Crippen LogP contribution in [-0.4, -0.2) is 5.78 Å². The quantitative estimate of drug-likeness (QED) is 0.270. The number of halogens is 1. The number of thiophene rings is 1. The molecule has 0 fully saturated rings. The van der Waals surface area contributed by atoms with E-state index in [-0.39, 0.29) is 11.6 Å². The van der Waals surface area contributed by atoms with Gasteiger partial charge in [0.2, 0.25) is 5.78 Å². The molecule has 2 nitrogen and oxygen atoms in total. The third-order valence-corrected chi connectivity index (χ3v) is 6.16. The van der Waals surface area contributed by atoms with Gasteiger partial charge in [-0.15, -0.1) is 11.3 Å². The maximum Gasteiger partial charge on any atom is 0.206 e. The van der Waals surface area contributed by atoms with E-state index < -0.39 is 0 Å². The molecule has 0 aliphatic carbocycles. The van der Waals surface area contributed by atoms with Crippen molar-refractivity contribution in [3.8, 4) is 22.6 Å². The van der Waals surface area contributed by atoms with Gasteiger partial charge in [-0.1, -0.05) is 72.8 Å². The summed E-state index contributed by atoms with van der Waals surface area (Å²) in [5.41, 5.74) is 2.76. The Bertz CT molecular complexity index is 1360. The Morgan fingerprint density at radius 1 is 0.742 bits per heavy atom. The average Bonchev–Trinajstić information content (AvgIpc) is 3.17. The van der Waals surface area contributed by atoms with Gasteiger partial charge in [0.25, 0.3) is 0 Å². The van der Waals surface area contributed by atoms with Crippen LogP contribution in [0.15, 0.2) is 103 Å². The van der Waals surface area contributed by atoms with Crippen LogP contribution in [0.25, 0.3) is 21.2 Å². The van der Waals surface area contributed by atoms with Gasteiger partial charge in [0.05, 0.1) is 0 Å². The summed E-state index contributed by atoms with van der Waals surface area (Å²) in [7, 11) is 0. The summed E-state index contributed by atoms with van der Waals surface area (Å²) in [5, 5.41) is 0.720. The molecule has 5 aromatic rings. The standard InChI is InChI=1S/C27H17FO2S/c28-21-13-16-23-24(17-21)31-27(25(29)20-9-5-2-6-10-20)26(23)30-22-14-11-19(12-15-22)18-7-3-1-4-8-18/h1-17H. The summed E-state index contributed by atoms with van der Waals surface area (Å²) < 4.78 is 20.7. The number of hydrogen-bond donors (Lipinski definition) is 0. The predicted octanol–water partition coefficient (Wildman–Crippen LogP) is 7.73. The predicted molar refractivity (Wildman–Crippen MR) is 124 cm³/mol. The number of rotatable bonds is 5. The van der Waals surface area contributed by atoms with E-state index in [1.807, 2.05) is 72.8 Å². The second kappa shape index (κ2) is 8.17. The second-order valence-corrected chi connectivity index (χ2v) is 8.14. The molecule has 0 bridgehead atoms. The highest BCUT2D eigenvalue weighted by Crippen LogP contribution is 2.42. The molecule has 1 heterocycles. The van der Waals surface area contributed by atoms with Crippen molar-refractivity contribution in [3.05, 3.63) is 119 Å². The number of ether oxygens (including phenoxy) is 1. The third kappa shape index (κ3) is 3.86. The normalized spacial score (nSPS) is 10.9. The Balaban J connectivity index is 1.55. The van der Waals surface area contributed by atoms with Crippen molar-refractivity contribution in [3.63, 3.8) is 0 Å². The molecule has 0 aliphatic rings. The van der Waals surface area contributed by atoms with E-state index in [4.69, 9.17) is 4.74 Å². The molecule has 0 N–H and O–H groups in total. The smallest absolute Gasteiger partial charge is 0.206 e. The number of carbonyl (C=O) groups is 1. The zero-order valence-electron chi connectivity index (χ0n) is 16.4. The Hall–Kier alpha value is -3.76. The van der Waals surface area contributed by atoms with Gasteiger partial charge in [-0.2, -0.15) is 0 Å². The first-order valence-corrected chi connectivity index (χ1v) is 10.7. The summed E-state index contributed by atoms with van der Waals surface area (Å²) >= 11 is 1.25. The van der Waals surface area contributed by atoms with Crippen molar-refractivity contribution in [1.82, 2.24) is 0 Å². The minimum atomic E-state index is -0.341. The summed E-state index contributed by atoms with van der Waals surface area (Å²) in [4.78, 5) is 13.6. The van der Waals surface area contributed by atoms with Crippen molar-refractivity contribution < 1.29 is 13.9 Å². The zero-order chi connectivity index (χ0) is 21.2. The van der Waals surface area contributed by atoms with E-state index in [9.17, 15) is 9.18 Å². The SMILES string of the molecule is O=C(c1ccccc1)c1sc2cc(F)ccc2c1Oc1ccc(-c2ccccc2)cc1. The van der Waals surface area contributed by atoms with Crippen LogP contribution in [0.1, 0.15) is 15.2 Å². The minimum absolute atomic E-state index is 0.141. The molecule has 0 saturated carbocycles. The van der Waals surface area contributed by atoms with E-state index in [1.54, 1.807) is 18.2 Å². The van der Waals surface area contributed by atoms with Crippen LogP contribution in [0.2, 0.25) is 0 Å².